The van der Waals surface area contributed by atoms with Crippen molar-refractivity contribution in [2.24, 2.45) is 0 Å². The monoisotopic (exact) mass is 534 g/mol. The molecule has 0 amide bonds. The summed E-state index contributed by atoms with van der Waals surface area (Å²) < 4.78 is 4.45. The van der Waals surface area contributed by atoms with Gasteiger partial charge in [-0.05, 0) is 59.7 Å². The van der Waals surface area contributed by atoms with E-state index < -0.39 is 0 Å². The van der Waals surface area contributed by atoms with Crippen molar-refractivity contribution in [2.45, 2.75) is 0 Å². The molecule has 2 heterocycles. The van der Waals surface area contributed by atoms with Crippen LogP contribution in [0.1, 0.15) is 5.56 Å². The van der Waals surface area contributed by atoms with Gasteiger partial charge in [-0.15, -0.1) is 0 Å². The first-order valence-electron chi connectivity index (χ1n) is 13.8. The van der Waals surface area contributed by atoms with Crippen LogP contribution in [0.15, 0.2) is 133 Å². The quantitative estimate of drug-likeness (QED) is 0.208. The van der Waals surface area contributed by atoms with Crippen LogP contribution in [0.4, 0.5) is 5.69 Å². The van der Waals surface area contributed by atoms with Crippen LogP contribution in [0, 0.1) is 17.9 Å². The number of aromatic nitrogens is 2. The maximum absolute atomic E-state index is 9.99. The first-order chi connectivity index (χ1) is 20.7. The summed E-state index contributed by atoms with van der Waals surface area (Å²) in [5.41, 5.74) is 9.44. The van der Waals surface area contributed by atoms with E-state index in [1.54, 1.807) is 12.1 Å². The van der Waals surface area contributed by atoms with Crippen molar-refractivity contribution in [1.82, 2.24) is 9.13 Å². The number of para-hydroxylation sites is 3. The molecule has 8 aromatic rings. The van der Waals surface area contributed by atoms with Crippen LogP contribution in [0.3, 0.4) is 0 Å². The van der Waals surface area contributed by atoms with Gasteiger partial charge < -0.3 is 9.13 Å². The van der Waals surface area contributed by atoms with E-state index in [-0.39, 0.29) is 0 Å². The summed E-state index contributed by atoms with van der Waals surface area (Å²) in [4.78, 5) is 3.64. The molecule has 0 fully saturated rings. The second-order valence-corrected chi connectivity index (χ2v) is 10.4. The minimum Gasteiger partial charge on any atom is -0.309 e. The van der Waals surface area contributed by atoms with E-state index in [0.29, 0.717) is 11.3 Å². The second-order valence-electron chi connectivity index (χ2n) is 10.4. The lowest BCUT2D eigenvalue weighted by Crippen LogP contribution is -1.97. The third-order valence-electron chi connectivity index (χ3n) is 8.17. The molecule has 0 aliphatic heterocycles. The average Bonchev–Trinajstić information content (AvgIpc) is 3.57. The van der Waals surface area contributed by atoms with Gasteiger partial charge in [0, 0.05) is 27.2 Å². The Morgan fingerprint density at radius 2 is 1.14 bits per heavy atom. The third-order valence-corrected chi connectivity index (χ3v) is 8.17. The molecule has 0 unspecified atom stereocenters. The van der Waals surface area contributed by atoms with E-state index in [1.807, 2.05) is 24.3 Å². The molecule has 4 nitrogen and oxygen atoms in total. The predicted molar refractivity (Wildman–Crippen MR) is 172 cm³/mol. The van der Waals surface area contributed by atoms with Crippen LogP contribution in [-0.4, -0.2) is 9.13 Å². The average molecular weight is 535 g/mol. The van der Waals surface area contributed by atoms with Crippen molar-refractivity contribution in [3.63, 3.8) is 0 Å². The van der Waals surface area contributed by atoms with Gasteiger partial charge in [0.25, 0.3) is 0 Å². The number of rotatable bonds is 3. The normalized spacial score (nSPS) is 11.3. The molecule has 0 radical (unpaired) electrons. The minimum absolute atomic E-state index is 0.506. The largest absolute Gasteiger partial charge is 0.309 e. The number of fused-ring (bicyclic) bond motifs is 6. The first kappa shape index (κ1) is 23.8. The van der Waals surface area contributed by atoms with Gasteiger partial charge in [0.05, 0.1) is 39.9 Å². The number of hydrogen-bond donors (Lipinski definition) is 0. The van der Waals surface area contributed by atoms with Gasteiger partial charge in [-0.2, -0.15) is 5.26 Å². The molecule has 0 N–H and O–H groups in total. The summed E-state index contributed by atoms with van der Waals surface area (Å²) in [7, 11) is 0. The molecule has 0 saturated heterocycles. The van der Waals surface area contributed by atoms with E-state index in [1.165, 1.54) is 16.3 Å². The van der Waals surface area contributed by atoms with Crippen molar-refractivity contribution in [3.8, 4) is 28.6 Å². The molecule has 8 rings (SSSR count). The molecule has 0 spiro atoms. The molecular weight excluding hydrogens is 512 g/mol. The molecular formula is C38H22N4. The second kappa shape index (κ2) is 9.24. The molecule has 0 aliphatic carbocycles. The van der Waals surface area contributed by atoms with Gasteiger partial charge in [0.2, 0.25) is 0 Å². The Bertz CT molecular complexity index is 2430. The number of nitrogens with zero attached hydrogens (tertiary/aromatic N) is 4. The fourth-order valence-corrected chi connectivity index (χ4v) is 6.29. The Balaban J connectivity index is 1.39. The highest BCUT2D eigenvalue weighted by molar-refractivity contribution is 6.12. The van der Waals surface area contributed by atoms with Crippen molar-refractivity contribution in [2.75, 3.05) is 0 Å². The van der Waals surface area contributed by atoms with Crippen LogP contribution < -0.4 is 0 Å². The fraction of sp³-hybridized carbons (Fsp3) is 0. The van der Waals surface area contributed by atoms with Gasteiger partial charge in [0.1, 0.15) is 6.07 Å². The van der Waals surface area contributed by atoms with Crippen LogP contribution >= 0.6 is 0 Å². The summed E-state index contributed by atoms with van der Waals surface area (Å²) in [6.07, 6.45) is 0. The van der Waals surface area contributed by atoms with Gasteiger partial charge in [0.15, 0.2) is 5.69 Å². The zero-order valence-corrected chi connectivity index (χ0v) is 22.5. The van der Waals surface area contributed by atoms with E-state index in [9.17, 15) is 5.26 Å². The molecule has 0 bridgehead atoms. The van der Waals surface area contributed by atoms with Gasteiger partial charge in [-0.1, -0.05) is 84.9 Å². The third kappa shape index (κ3) is 3.47. The predicted octanol–water partition coefficient (Wildman–Crippen LogP) is 9.97. The fourth-order valence-electron chi connectivity index (χ4n) is 6.29. The van der Waals surface area contributed by atoms with Gasteiger partial charge in [-0.25, -0.2) is 4.85 Å². The van der Waals surface area contributed by atoms with E-state index in [4.69, 9.17) is 6.57 Å². The summed E-state index contributed by atoms with van der Waals surface area (Å²) in [6, 6.07) is 48.1. The number of hydrogen-bond acceptors (Lipinski definition) is 1. The highest BCUT2D eigenvalue weighted by atomic mass is 15.0. The smallest absolute Gasteiger partial charge is 0.189 e. The zero-order chi connectivity index (χ0) is 28.2. The lowest BCUT2D eigenvalue weighted by Gasteiger charge is -2.12. The van der Waals surface area contributed by atoms with E-state index in [2.05, 4.69) is 117 Å². The van der Waals surface area contributed by atoms with Crippen molar-refractivity contribution >= 4 is 49.3 Å². The topological polar surface area (TPSA) is 38.0 Å². The zero-order valence-electron chi connectivity index (χ0n) is 22.5. The molecule has 0 saturated carbocycles. The van der Waals surface area contributed by atoms with Crippen LogP contribution in [0.5, 0.6) is 0 Å². The Morgan fingerprint density at radius 3 is 1.90 bits per heavy atom. The summed E-state index contributed by atoms with van der Waals surface area (Å²) in [5.74, 6) is 0. The summed E-state index contributed by atoms with van der Waals surface area (Å²) >= 11 is 0. The number of benzene rings is 6. The van der Waals surface area contributed by atoms with Crippen LogP contribution in [0.25, 0.3) is 71.0 Å². The van der Waals surface area contributed by atoms with Gasteiger partial charge >= 0.3 is 0 Å². The van der Waals surface area contributed by atoms with Crippen molar-refractivity contribution < 1.29 is 0 Å². The minimum atomic E-state index is 0.506. The lowest BCUT2D eigenvalue weighted by molar-refractivity contribution is 1.17. The van der Waals surface area contributed by atoms with Crippen molar-refractivity contribution in [1.29, 1.82) is 5.26 Å². The Kier molecular flexibility index (Phi) is 5.22. The lowest BCUT2D eigenvalue weighted by atomic mass is 10.0. The Labute approximate surface area is 242 Å². The van der Waals surface area contributed by atoms with E-state index in [0.717, 1.165) is 49.8 Å². The summed E-state index contributed by atoms with van der Waals surface area (Å²) in [5, 5.41) is 14.6. The van der Waals surface area contributed by atoms with Crippen molar-refractivity contribution in [3.05, 3.63) is 150 Å². The maximum atomic E-state index is 9.99. The van der Waals surface area contributed by atoms with Crippen LogP contribution in [0.2, 0.25) is 0 Å². The highest BCUT2D eigenvalue weighted by Gasteiger charge is 2.17. The molecule has 0 atom stereocenters. The molecule has 2 aromatic heterocycles. The number of nitriles is 1. The summed E-state index contributed by atoms with van der Waals surface area (Å²) in [6.45, 7) is 7.58. The SMILES string of the molecule is [C-]#[N+]c1ccc(C#N)c(-n2c3ccccc3c3ccc(-c4ccc5c(c4)c4ccccc4n5-c4ccccc4)cc32)c1. The molecule has 194 valence electrons. The van der Waals surface area contributed by atoms with E-state index >= 15 is 0 Å². The molecule has 0 aliphatic rings. The molecule has 6 aromatic carbocycles. The Hall–Kier alpha value is -6.10. The standard InChI is InChI=1S/C38H22N4/c1-40-28-18-15-27(24-39)37(23-28)42-35-14-8-5-11-30(35)32-19-16-26(22-38(32)42)25-17-20-36-33(21-25)31-12-6-7-13-34(31)41(36)29-9-3-2-4-10-29/h2-23H. The molecule has 42 heavy (non-hydrogen) atoms. The highest BCUT2D eigenvalue weighted by Crippen LogP contribution is 2.39. The first-order valence-corrected chi connectivity index (χ1v) is 13.8. The van der Waals surface area contributed by atoms with Gasteiger partial charge in [-0.3, -0.25) is 0 Å². The Morgan fingerprint density at radius 1 is 0.524 bits per heavy atom. The van der Waals surface area contributed by atoms with Crippen LogP contribution in [-0.2, 0) is 0 Å². The maximum Gasteiger partial charge on any atom is 0.189 e. The molecule has 4 heteroatoms.